The monoisotopic (exact) mass is 202 g/mol. The highest BCUT2D eigenvalue weighted by molar-refractivity contribution is 5.74. The zero-order valence-electron chi connectivity index (χ0n) is 9.29. The summed E-state index contributed by atoms with van der Waals surface area (Å²) in [5.41, 5.74) is 0. The highest BCUT2D eigenvalue weighted by Gasteiger charge is 2.13. The Bertz CT molecular complexity index is 145. The summed E-state index contributed by atoms with van der Waals surface area (Å²) >= 11 is 0. The van der Waals surface area contributed by atoms with E-state index in [2.05, 4.69) is 11.7 Å². The normalized spacial score (nSPS) is 12.5. The smallest absolute Gasteiger partial charge is 0.334 e. The summed E-state index contributed by atoms with van der Waals surface area (Å²) in [7, 11) is 1.30. The number of ether oxygens (including phenoxy) is 1. The predicted octanol–water partition coefficient (Wildman–Crippen LogP) is 2.27. The standard InChI is InChI=1S/C11H22O3/c1-3-4-5-6-7-8-9-10(12)11(13)14-2/h10,12H,3-9H2,1-2H3/t10-/m1/s1. The molecule has 0 saturated heterocycles. The van der Waals surface area contributed by atoms with Crippen LogP contribution < -0.4 is 0 Å². The van der Waals surface area contributed by atoms with Crippen LogP contribution in [0.15, 0.2) is 0 Å². The second-order valence-electron chi connectivity index (χ2n) is 3.60. The molecule has 0 radical (unpaired) electrons. The minimum absolute atomic E-state index is 0.515. The molecule has 0 amide bonds. The number of carbonyl (C=O) groups excluding carboxylic acids is 1. The largest absolute Gasteiger partial charge is 0.467 e. The van der Waals surface area contributed by atoms with E-state index in [1.54, 1.807) is 0 Å². The zero-order chi connectivity index (χ0) is 10.8. The molecule has 14 heavy (non-hydrogen) atoms. The molecule has 0 saturated carbocycles. The van der Waals surface area contributed by atoms with E-state index in [1.165, 1.54) is 32.8 Å². The van der Waals surface area contributed by atoms with Gasteiger partial charge in [-0.3, -0.25) is 0 Å². The minimum atomic E-state index is -0.925. The minimum Gasteiger partial charge on any atom is -0.467 e. The number of hydrogen-bond acceptors (Lipinski definition) is 3. The molecule has 0 bridgehead atoms. The molecule has 0 unspecified atom stereocenters. The highest BCUT2D eigenvalue weighted by Crippen LogP contribution is 2.09. The summed E-state index contributed by atoms with van der Waals surface area (Å²) in [6, 6.07) is 0. The van der Waals surface area contributed by atoms with Gasteiger partial charge in [-0.2, -0.15) is 0 Å². The van der Waals surface area contributed by atoms with Crippen molar-refractivity contribution < 1.29 is 14.6 Å². The van der Waals surface area contributed by atoms with E-state index in [9.17, 15) is 9.90 Å². The molecule has 0 aromatic carbocycles. The topological polar surface area (TPSA) is 46.5 Å². The molecule has 0 heterocycles. The molecule has 0 fully saturated rings. The average Bonchev–Trinajstić information content (AvgIpc) is 2.21. The van der Waals surface area contributed by atoms with Gasteiger partial charge in [-0.05, 0) is 6.42 Å². The summed E-state index contributed by atoms with van der Waals surface area (Å²) in [4.78, 5) is 10.8. The van der Waals surface area contributed by atoms with Crippen LogP contribution in [0.2, 0.25) is 0 Å². The van der Waals surface area contributed by atoms with E-state index in [0.29, 0.717) is 6.42 Å². The van der Waals surface area contributed by atoms with Crippen LogP contribution in [0.5, 0.6) is 0 Å². The van der Waals surface area contributed by atoms with Crippen LogP contribution in [-0.2, 0) is 9.53 Å². The van der Waals surface area contributed by atoms with Crippen molar-refractivity contribution in [1.29, 1.82) is 0 Å². The van der Waals surface area contributed by atoms with Gasteiger partial charge in [0.05, 0.1) is 7.11 Å². The number of methoxy groups -OCH3 is 1. The third kappa shape index (κ3) is 6.89. The first-order valence-electron chi connectivity index (χ1n) is 5.48. The van der Waals surface area contributed by atoms with Gasteiger partial charge in [-0.1, -0.05) is 45.4 Å². The molecule has 0 aliphatic carbocycles. The zero-order valence-corrected chi connectivity index (χ0v) is 9.29. The Hall–Kier alpha value is -0.570. The fourth-order valence-electron chi connectivity index (χ4n) is 1.37. The Morgan fingerprint density at radius 3 is 2.36 bits per heavy atom. The Balaban J connectivity index is 3.23. The summed E-state index contributed by atoms with van der Waals surface area (Å²) in [5.74, 6) is -0.515. The molecular weight excluding hydrogens is 180 g/mol. The number of unbranched alkanes of at least 4 members (excludes halogenated alkanes) is 5. The molecular formula is C11H22O3. The van der Waals surface area contributed by atoms with E-state index < -0.39 is 12.1 Å². The van der Waals surface area contributed by atoms with Crippen molar-refractivity contribution in [2.24, 2.45) is 0 Å². The van der Waals surface area contributed by atoms with Crippen molar-refractivity contribution in [2.45, 2.75) is 58.0 Å². The van der Waals surface area contributed by atoms with Crippen molar-refractivity contribution in [1.82, 2.24) is 0 Å². The summed E-state index contributed by atoms with van der Waals surface area (Å²) in [6.45, 7) is 2.18. The lowest BCUT2D eigenvalue weighted by molar-refractivity contribution is -0.150. The molecule has 1 atom stereocenters. The third-order valence-electron chi connectivity index (χ3n) is 2.30. The van der Waals surface area contributed by atoms with Crippen molar-refractivity contribution in [3.8, 4) is 0 Å². The molecule has 0 spiro atoms. The number of esters is 1. The molecule has 0 aromatic heterocycles. The summed E-state index contributed by atoms with van der Waals surface area (Å²) in [6.07, 6.45) is 6.56. The van der Waals surface area contributed by atoms with Crippen LogP contribution in [0.3, 0.4) is 0 Å². The fourth-order valence-corrected chi connectivity index (χ4v) is 1.37. The first kappa shape index (κ1) is 13.4. The average molecular weight is 202 g/mol. The number of rotatable bonds is 8. The number of carbonyl (C=O) groups is 1. The van der Waals surface area contributed by atoms with Gasteiger partial charge in [0.1, 0.15) is 0 Å². The first-order valence-corrected chi connectivity index (χ1v) is 5.48. The first-order chi connectivity index (χ1) is 6.72. The van der Waals surface area contributed by atoms with Crippen LogP contribution in [0.25, 0.3) is 0 Å². The molecule has 0 rings (SSSR count). The van der Waals surface area contributed by atoms with Crippen molar-refractivity contribution in [3.63, 3.8) is 0 Å². The van der Waals surface area contributed by atoms with Gasteiger partial charge in [0.25, 0.3) is 0 Å². The van der Waals surface area contributed by atoms with Crippen LogP contribution in [0, 0.1) is 0 Å². The van der Waals surface area contributed by atoms with E-state index >= 15 is 0 Å². The lowest BCUT2D eigenvalue weighted by atomic mass is 10.1. The number of hydrogen-bond donors (Lipinski definition) is 1. The van der Waals surface area contributed by atoms with Crippen LogP contribution in [0.4, 0.5) is 0 Å². The highest BCUT2D eigenvalue weighted by atomic mass is 16.5. The lowest BCUT2D eigenvalue weighted by Crippen LogP contribution is -2.21. The Morgan fingerprint density at radius 1 is 1.21 bits per heavy atom. The van der Waals surface area contributed by atoms with Gasteiger partial charge in [0.2, 0.25) is 0 Å². The Morgan fingerprint density at radius 2 is 1.79 bits per heavy atom. The third-order valence-corrected chi connectivity index (χ3v) is 2.30. The van der Waals surface area contributed by atoms with Crippen molar-refractivity contribution in [3.05, 3.63) is 0 Å². The van der Waals surface area contributed by atoms with Gasteiger partial charge in [-0.25, -0.2) is 4.79 Å². The number of aliphatic hydroxyl groups excluding tert-OH is 1. The molecule has 84 valence electrons. The fraction of sp³-hybridized carbons (Fsp3) is 0.909. The van der Waals surface area contributed by atoms with Crippen LogP contribution in [-0.4, -0.2) is 24.3 Å². The van der Waals surface area contributed by atoms with Crippen LogP contribution >= 0.6 is 0 Å². The summed E-state index contributed by atoms with van der Waals surface area (Å²) in [5, 5.41) is 9.25. The number of aliphatic hydroxyl groups is 1. The van der Waals surface area contributed by atoms with Crippen molar-refractivity contribution >= 4 is 5.97 Å². The van der Waals surface area contributed by atoms with Gasteiger partial charge < -0.3 is 9.84 Å². The lowest BCUT2D eigenvalue weighted by Gasteiger charge is -2.07. The quantitative estimate of drug-likeness (QED) is 0.485. The molecule has 0 aliphatic rings. The van der Waals surface area contributed by atoms with E-state index in [-0.39, 0.29) is 0 Å². The van der Waals surface area contributed by atoms with Gasteiger partial charge >= 0.3 is 5.97 Å². The molecule has 1 N–H and O–H groups in total. The Kier molecular flexibility index (Phi) is 8.64. The Labute approximate surface area is 86.5 Å². The van der Waals surface area contributed by atoms with Gasteiger partial charge in [0, 0.05) is 0 Å². The molecule has 3 heteroatoms. The second kappa shape index (κ2) is 9.00. The summed E-state index contributed by atoms with van der Waals surface area (Å²) < 4.78 is 4.42. The second-order valence-corrected chi connectivity index (χ2v) is 3.60. The van der Waals surface area contributed by atoms with Gasteiger partial charge in [0.15, 0.2) is 6.10 Å². The molecule has 3 nitrogen and oxygen atoms in total. The van der Waals surface area contributed by atoms with E-state index in [4.69, 9.17) is 0 Å². The van der Waals surface area contributed by atoms with E-state index in [1.807, 2.05) is 0 Å². The maximum absolute atomic E-state index is 10.8. The SMILES string of the molecule is CCCCCCCC[C@@H](O)C(=O)OC. The van der Waals surface area contributed by atoms with Crippen LogP contribution in [0.1, 0.15) is 51.9 Å². The van der Waals surface area contributed by atoms with Crippen molar-refractivity contribution in [2.75, 3.05) is 7.11 Å². The molecule has 0 aliphatic heterocycles. The predicted molar refractivity (Wildman–Crippen MR) is 56.0 cm³/mol. The van der Waals surface area contributed by atoms with Gasteiger partial charge in [-0.15, -0.1) is 0 Å². The van der Waals surface area contributed by atoms with E-state index in [0.717, 1.165) is 12.8 Å². The molecule has 0 aromatic rings. The maximum Gasteiger partial charge on any atom is 0.334 e. The maximum atomic E-state index is 10.8.